The fourth-order valence-electron chi connectivity index (χ4n) is 1.47. The van der Waals surface area contributed by atoms with E-state index < -0.39 is 0 Å². The van der Waals surface area contributed by atoms with Crippen LogP contribution in [0.3, 0.4) is 0 Å². The molecule has 1 aliphatic rings. The van der Waals surface area contributed by atoms with Crippen molar-refractivity contribution in [3.05, 3.63) is 16.1 Å². The van der Waals surface area contributed by atoms with Crippen molar-refractivity contribution in [2.24, 2.45) is 0 Å². The number of aromatic nitrogens is 1. The highest BCUT2D eigenvalue weighted by molar-refractivity contribution is 7.09. The highest BCUT2D eigenvalue weighted by Crippen LogP contribution is 2.18. The van der Waals surface area contributed by atoms with E-state index in [2.05, 4.69) is 27.9 Å². The normalized spacial score (nSPS) is 18.0. The van der Waals surface area contributed by atoms with E-state index >= 15 is 0 Å². The maximum Gasteiger partial charge on any atom is 0.0897 e. The van der Waals surface area contributed by atoms with E-state index in [9.17, 15) is 0 Å². The van der Waals surface area contributed by atoms with Crippen LogP contribution >= 0.6 is 11.3 Å². The zero-order valence-corrected chi connectivity index (χ0v) is 10.2. The Balaban J connectivity index is 1.63. The molecule has 0 bridgehead atoms. The van der Waals surface area contributed by atoms with Gasteiger partial charge in [0.05, 0.1) is 10.7 Å². The average Bonchev–Trinajstić information content (AvgIpc) is 2.95. The van der Waals surface area contributed by atoms with E-state index in [0.29, 0.717) is 6.04 Å². The molecule has 4 heteroatoms. The molecule has 1 aromatic rings. The van der Waals surface area contributed by atoms with Crippen LogP contribution in [0.25, 0.3) is 0 Å². The first-order valence-corrected chi connectivity index (χ1v) is 6.50. The lowest BCUT2D eigenvalue weighted by atomic mass is 10.3. The van der Waals surface area contributed by atoms with Gasteiger partial charge in [0.2, 0.25) is 0 Å². The molecule has 0 radical (unpaired) electrons. The largest absolute Gasteiger partial charge is 0.312 e. The van der Waals surface area contributed by atoms with Crippen LogP contribution in [0.1, 0.15) is 30.5 Å². The molecule has 0 aromatic carbocycles. The van der Waals surface area contributed by atoms with Crippen LogP contribution in [0.4, 0.5) is 0 Å². The predicted octanol–water partition coefficient (Wildman–Crippen LogP) is 1.68. The number of nitrogens with one attached hydrogen (secondary N) is 2. The van der Waals surface area contributed by atoms with Gasteiger partial charge in [0, 0.05) is 30.6 Å². The second-order valence-corrected chi connectivity index (χ2v) is 5.38. The van der Waals surface area contributed by atoms with Crippen molar-refractivity contribution in [3.63, 3.8) is 0 Å². The molecule has 0 aliphatic heterocycles. The number of thiazole rings is 1. The predicted molar refractivity (Wildman–Crippen MR) is 64.2 cm³/mol. The topological polar surface area (TPSA) is 37.0 Å². The van der Waals surface area contributed by atoms with E-state index in [4.69, 9.17) is 0 Å². The maximum absolute atomic E-state index is 4.43. The standard InChI is InChI=1S/C11H19N3S/c1-8(5-13-10-3-4-10)12-6-11-7-15-9(2)14-11/h7-8,10,12-13H,3-6H2,1-2H3. The van der Waals surface area contributed by atoms with E-state index in [1.165, 1.54) is 12.8 Å². The smallest absolute Gasteiger partial charge is 0.0897 e. The van der Waals surface area contributed by atoms with Crippen LogP contribution in [0.5, 0.6) is 0 Å². The van der Waals surface area contributed by atoms with Gasteiger partial charge in [-0.15, -0.1) is 11.3 Å². The quantitative estimate of drug-likeness (QED) is 0.773. The van der Waals surface area contributed by atoms with Gasteiger partial charge in [-0.1, -0.05) is 0 Å². The molecular weight excluding hydrogens is 206 g/mol. The Morgan fingerprint density at radius 1 is 1.60 bits per heavy atom. The lowest BCUT2D eigenvalue weighted by Gasteiger charge is -2.13. The van der Waals surface area contributed by atoms with Crippen LogP contribution in [-0.4, -0.2) is 23.6 Å². The van der Waals surface area contributed by atoms with Crippen LogP contribution in [-0.2, 0) is 6.54 Å². The molecule has 1 fully saturated rings. The molecule has 0 amide bonds. The van der Waals surface area contributed by atoms with Crippen molar-refractivity contribution in [2.45, 2.75) is 45.3 Å². The first kappa shape index (κ1) is 11.0. The van der Waals surface area contributed by atoms with Crippen molar-refractivity contribution in [3.8, 4) is 0 Å². The van der Waals surface area contributed by atoms with Crippen molar-refractivity contribution >= 4 is 11.3 Å². The minimum absolute atomic E-state index is 0.521. The monoisotopic (exact) mass is 225 g/mol. The molecule has 1 atom stereocenters. The third kappa shape index (κ3) is 3.89. The van der Waals surface area contributed by atoms with Gasteiger partial charge in [-0.2, -0.15) is 0 Å². The Kier molecular flexibility index (Phi) is 3.72. The summed E-state index contributed by atoms with van der Waals surface area (Å²) in [5, 5.41) is 10.3. The highest BCUT2D eigenvalue weighted by Gasteiger charge is 2.20. The summed E-state index contributed by atoms with van der Waals surface area (Å²) in [4.78, 5) is 4.43. The zero-order chi connectivity index (χ0) is 10.7. The summed E-state index contributed by atoms with van der Waals surface area (Å²) >= 11 is 1.72. The zero-order valence-electron chi connectivity index (χ0n) is 9.42. The number of nitrogens with zero attached hydrogens (tertiary/aromatic N) is 1. The van der Waals surface area contributed by atoms with Crippen LogP contribution in [0, 0.1) is 6.92 Å². The third-order valence-electron chi connectivity index (χ3n) is 2.59. The van der Waals surface area contributed by atoms with Crippen molar-refractivity contribution in [1.82, 2.24) is 15.6 Å². The summed E-state index contributed by atoms with van der Waals surface area (Å²) in [6.07, 6.45) is 2.72. The van der Waals surface area contributed by atoms with Gasteiger partial charge >= 0.3 is 0 Å². The SMILES string of the molecule is Cc1nc(CNC(C)CNC2CC2)cs1. The summed E-state index contributed by atoms with van der Waals surface area (Å²) in [5.41, 5.74) is 1.16. The van der Waals surface area contributed by atoms with Crippen molar-refractivity contribution < 1.29 is 0 Å². The molecule has 0 spiro atoms. The molecule has 84 valence electrons. The van der Waals surface area contributed by atoms with Gasteiger partial charge in [-0.25, -0.2) is 4.98 Å². The average molecular weight is 225 g/mol. The van der Waals surface area contributed by atoms with Gasteiger partial charge in [-0.3, -0.25) is 0 Å². The van der Waals surface area contributed by atoms with Gasteiger partial charge in [0.15, 0.2) is 0 Å². The number of rotatable bonds is 6. The molecule has 15 heavy (non-hydrogen) atoms. The molecule has 1 aromatic heterocycles. The molecule has 1 unspecified atom stereocenters. The van der Waals surface area contributed by atoms with Crippen molar-refractivity contribution in [1.29, 1.82) is 0 Å². The highest BCUT2D eigenvalue weighted by atomic mass is 32.1. The summed E-state index contributed by atoms with van der Waals surface area (Å²) < 4.78 is 0. The van der Waals surface area contributed by atoms with E-state index in [-0.39, 0.29) is 0 Å². The first-order chi connectivity index (χ1) is 7.24. The van der Waals surface area contributed by atoms with E-state index in [1.807, 2.05) is 6.92 Å². The molecular formula is C11H19N3S. The van der Waals surface area contributed by atoms with Crippen molar-refractivity contribution in [2.75, 3.05) is 6.54 Å². The minimum atomic E-state index is 0.521. The van der Waals surface area contributed by atoms with Gasteiger partial charge in [0.25, 0.3) is 0 Å². The van der Waals surface area contributed by atoms with Gasteiger partial charge in [0.1, 0.15) is 0 Å². The number of aryl methyl sites for hydroxylation is 1. The summed E-state index contributed by atoms with van der Waals surface area (Å²) in [5.74, 6) is 0. The third-order valence-corrected chi connectivity index (χ3v) is 3.41. The number of hydrogen-bond donors (Lipinski definition) is 2. The molecule has 2 rings (SSSR count). The Morgan fingerprint density at radius 3 is 3.00 bits per heavy atom. The Morgan fingerprint density at radius 2 is 2.40 bits per heavy atom. The fourth-order valence-corrected chi connectivity index (χ4v) is 2.08. The van der Waals surface area contributed by atoms with E-state index in [0.717, 1.165) is 29.8 Å². The first-order valence-electron chi connectivity index (χ1n) is 5.62. The van der Waals surface area contributed by atoms with Crippen LogP contribution in [0.2, 0.25) is 0 Å². The maximum atomic E-state index is 4.43. The van der Waals surface area contributed by atoms with Crippen LogP contribution < -0.4 is 10.6 Å². The fraction of sp³-hybridized carbons (Fsp3) is 0.727. The van der Waals surface area contributed by atoms with Crippen LogP contribution in [0.15, 0.2) is 5.38 Å². The minimum Gasteiger partial charge on any atom is -0.312 e. The summed E-state index contributed by atoms with van der Waals surface area (Å²) in [7, 11) is 0. The Bertz CT molecular complexity index is 307. The second-order valence-electron chi connectivity index (χ2n) is 4.32. The van der Waals surface area contributed by atoms with Gasteiger partial charge < -0.3 is 10.6 Å². The van der Waals surface area contributed by atoms with E-state index in [1.54, 1.807) is 11.3 Å². The Hall–Kier alpha value is -0.450. The lowest BCUT2D eigenvalue weighted by molar-refractivity contribution is 0.497. The molecule has 1 aliphatic carbocycles. The lowest BCUT2D eigenvalue weighted by Crippen LogP contribution is -2.36. The van der Waals surface area contributed by atoms with Gasteiger partial charge in [-0.05, 0) is 26.7 Å². The molecule has 3 nitrogen and oxygen atoms in total. The number of hydrogen-bond acceptors (Lipinski definition) is 4. The molecule has 1 heterocycles. The molecule has 1 saturated carbocycles. The second kappa shape index (κ2) is 5.05. The summed E-state index contributed by atoms with van der Waals surface area (Å²) in [6, 6.07) is 1.32. The summed E-state index contributed by atoms with van der Waals surface area (Å²) in [6.45, 7) is 6.21. The molecule has 0 saturated heterocycles. The molecule has 2 N–H and O–H groups in total. The Labute approximate surface area is 95.3 Å².